The number of carbonyl (C=O) groups is 2. The van der Waals surface area contributed by atoms with Crippen molar-refractivity contribution in [2.75, 3.05) is 0 Å². The molecular formula is C19H22O2. The van der Waals surface area contributed by atoms with E-state index >= 15 is 0 Å². The summed E-state index contributed by atoms with van der Waals surface area (Å²) in [6.45, 7) is 2.16. The number of hydrogen-bond donors (Lipinski definition) is 0. The van der Waals surface area contributed by atoms with E-state index in [4.69, 9.17) is 0 Å². The van der Waals surface area contributed by atoms with Crippen LogP contribution in [-0.2, 0) is 16.0 Å². The molecule has 2 aliphatic carbocycles. The van der Waals surface area contributed by atoms with Gasteiger partial charge in [-0.05, 0) is 42.4 Å². The average molecular weight is 282 g/mol. The molecule has 2 nitrogen and oxygen atoms in total. The third-order valence-electron chi connectivity index (χ3n) is 4.85. The monoisotopic (exact) mass is 282 g/mol. The van der Waals surface area contributed by atoms with Crippen LogP contribution in [0.2, 0.25) is 0 Å². The Labute approximate surface area is 126 Å². The maximum Gasteiger partial charge on any atom is 0.225 e. The molecule has 2 heteroatoms. The van der Waals surface area contributed by atoms with Crippen molar-refractivity contribution < 1.29 is 9.59 Å². The topological polar surface area (TPSA) is 34.1 Å². The quantitative estimate of drug-likeness (QED) is 0.618. The number of unbranched alkanes of at least 4 members (excludes halogenated alkanes) is 2. The molecule has 1 fully saturated rings. The van der Waals surface area contributed by atoms with Crippen LogP contribution < -0.4 is 0 Å². The SMILES string of the molecule is CCCCCC1CC2Cc3ccccc3C=C2C(=O)C1=O. The van der Waals surface area contributed by atoms with Gasteiger partial charge in [0.15, 0.2) is 0 Å². The van der Waals surface area contributed by atoms with E-state index < -0.39 is 0 Å². The van der Waals surface area contributed by atoms with E-state index in [0.717, 1.165) is 49.7 Å². The zero-order chi connectivity index (χ0) is 14.8. The van der Waals surface area contributed by atoms with Crippen molar-refractivity contribution in [2.24, 2.45) is 11.8 Å². The van der Waals surface area contributed by atoms with E-state index in [2.05, 4.69) is 13.0 Å². The fraction of sp³-hybridized carbons (Fsp3) is 0.474. The van der Waals surface area contributed by atoms with Gasteiger partial charge in [-0.2, -0.15) is 0 Å². The zero-order valence-electron chi connectivity index (χ0n) is 12.6. The standard InChI is InChI=1S/C19H22O2/c1-2-3-4-9-15-11-16-10-13-7-5-6-8-14(13)12-17(16)19(21)18(15)20/h5-8,12,15-16H,2-4,9-11H2,1H3. The minimum Gasteiger partial charge on any atom is -0.290 e. The molecule has 0 amide bonds. The number of hydrogen-bond acceptors (Lipinski definition) is 2. The Bertz CT molecular complexity index is 597. The Morgan fingerprint density at radius 1 is 1.14 bits per heavy atom. The lowest BCUT2D eigenvalue weighted by Crippen LogP contribution is -2.37. The Morgan fingerprint density at radius 2 is 1.95 bits per heavy atom. The molecule has 0 aromatic heterocycles. The second kappa shape index (κ2) is 5.97. The van der Waals surface area contributed by atoms with Gasteiger partial charge < -0.3 is 0 Å². The molecule has 1 aromatic carbocycles. The highest BCUT2D eigenvalue weighted by Gasteiger charge is 2.39. The molecule has 1 aromatic rings. The van der Waals surface area contributed by atoms with Crippen molar-refractivity contribution in [1.82, 2.24) is 0 Å². The molecule has 0 heterocycles. The highest BCUT2D eigenvalue weighted by atomic mass is 16.2. The largest absolute Gasteiger partial charge is 0.290 e. The van der Waals surface area contributed by atoms with E-state index in [0.29, 0.717) is 0 Å². The number of benzene rings is 1. The van der Waals surface area contributed by atoms with Gasteiger partial charge in [0.25, 0.3) is 0 Å². The molecule has 1 saturated carbocycles. The number of allylic oxidation sites excluding steroid dienone is 1. The van der Waals surface area contributed by atoms with Crippen LogP contribution in [0.15, 0.2) is 29.8 Å². The average Bonchev–Trinajstić information content (AvgIpc) is 2.51. The highest BCUT2D eigenvalue weighted by Crippen LogP contribution is 2.38. The van der Waals surface area contributed by atoms with Gasteiger partial charge in [0.2, 0.25) is 11.6 Å². The van der Waals surface area contributed by atoms with Crippen molar-refractivity contribution in [2.45, 2.75) is 45.4 Å². The second-order valence-electron chi connectivity index (χ2n) is 6.32. The Balaban J connectivity index is 1.82. The van der Waals surface area contributed by atoms with Crippen molar-refractivity contribution in [3.8, 4) is 0 Å². The molecular weight excluding hydrogens is 260 g/mol. The summed E-state index contributed by atoms with van der Waals surface area (Å²) in [4.78, 5) is 24.7. The first kappa shape index (κ1) is 14.2. The minimum atomic E-state index is -0.220. The van der Waals surface area contributed by atoms with Crippen molar-refractivity contribution in [3.05, 3.63) is 41.0 Å². The third-order valence-corrected chi connectivity index (χ3v) is 4.85. The zero-order valence-corrected chi connectivity index (χ0v) is 12.6. The predicted molar refractivity (Wildman–Crippen MR) is 83.9 cm³/mol. The second-order valence-corrected chi connectivity index (χ2v) is 6.32. The number of Topliss-reactive ketones (excluding diaryl/α,β-unsaturated/α-hetero) is 2. The summed E-state index contributed by atoms with van der Waals surface area (Å²) in [6.07, 6.45) is 7.95. The molecule has 0 radical (unpaired) electrons. The van der Waals surface area contributed by atoms with Crippen LogP contribution in [-0.4, -0.2) is 11.6 Å². The van der Waals surface area contributed by atoms with Gasteiger partial charge in [-0.25, -0.2) is 0 Å². The van der Waals surface area contributed by atoms with Gasteiger partial charge in [0.05, 0.1) is 0 Å². The van der Waals surface area contributed by atoms with Gasteiger partial charge in [0, 0.05) is 11.5 Å². The Morgan fingerprint density at radius 3 is 2.76 bits per heavy atom. The third kappa shape index (κ3) is 2.72. The van der Waals surface area contributed by atoms with Crippen LogP contribution in [0.1, 0.15) is 50.2 Å². The van der Waals surface area contributed by atoms with Gasteiger partial charge in [-0.15, -0.1) is 0 Å². The van der Waals surface area contributed by atoms with E-state index in [1.165, 1.54) is 5.56 Å². The summed E-state index contributed by atoms with van der Waals surface area (Å²) >= 11 is 0. The summed E-state index contributed by atoms with van der Waals surface area (Å²) in [6, 6.07) is 8.20. The van der Waals surface area contributed by atoms with Crippen LogP contribution >= 0.6 is 0 Å². The summed E-state index contributed by atoms with van der Waals surface area (Å²) in [5, 5.41) is 0. The van der Waals surface area contributed by atoms with Crippen LogP contribution in [0.3, 0.4) is 0 Å². The molecule has 0 aliphatic heterocycles. The van der Waals surface area contributed by atoms with Crippen LogP contribution in [0.5, 0.6) is 0 Å². The maximum absolute atomic E-state index is 12.4. The first-order valence-corrected chi connectivity index (χ1v) is 8.08. The predicted octanol–water partition coefficient (Wildman–Crippen LogP) is 3.98. The van der Waals surface area contributed by atoms with Gasteiger partial charge in [-0.3, -0.25) is 9.59 Å². The molecule has 0 N–H and O–H groups in total. The maximum atomic E-state index is 12.4. The fourth-order valence-electron chi connectivity index (χ4n) is 3.65. The van der Waals surface area contributed by atoms with Crippen LogP contribution in [0.4, 0.5) is 0 Å². The Kier molecular flexibility index (Phi) is 4.05. The summed E-state index contributed by atoms with van der Waals surface area (Å²) < 4.78 is 0. The number of rotatable bonds is 4. The van der Waals surface area contributed by atoms with Crippen molar-refractivity contribution in [1.29, 1.82) is 0 Å². The first-order valence-electron chi connectivity index (χ1n) is 8.08. The summed E-state index contributed by atoms with van der Waals surface area (Å²) in [5.41, 5.74) is 3.17. The van der Waals surface area contributed by atoms with Gasteiger partial charge >= 0.3 is 0 Å². The van der Waals surface area contributed by atoms with Crippen LogP contribution in [0, 0.1) is 11.8 Å². The van der Waals surface area contributed by atoms with Crippen LogP contribution in [0.25, 0.3) is 6.08 Å². The molecule has 2 atom stereocenters. The summed E-state index contributed by atoms with van der Waals surface area (Å²) in [7, 11) is 0. The molecule has 21 heavy (non-hydrogen) atoms. The molecule has 0 saturated heterocycles. The molecule has 2 unspecified atom stereocenters. The molecule has 0 spiro atoms. The minimum absolute atomic E-state index is 0.0449. The van der Waals surface area contributed by atoms with Gasteiger partial charge in [-0.1, -0.05) is 50.5 Å². The number of ketones is 2. The fourth-order valence-corrected chi connectivity index (χ4v) is 3.65. The Hall–Kier alpha value is -1.70. The molecule has 2 aliphatic rings. The molecule has 3 rings (SSSR count). The molecule has 110 valence electrons. The number of carbonyl (C=O) groups excluding carboxylic acids is 2. The van der Waals surface area contributed by atoms with E-state index in [1.54, 1.807) is 0 Å². The van der Waals surface area contributed by atoms with E-state index in [1.807, 2.05) is 24.3 Å². The lowest BCUT2D eigenvalue weighted by Gasteiger charge is -2.32. The van der Waals surface area contributed by atoms with E-state index in [-0.39, 0.29) is 23.4 Å². The summed E-state index contributed by atoms with van der Waals surface area (Å²) in [5.74, 6) is -0.163. The van der Waals surface area contributed by atoms with E-state index in [9.17, 15) is 9.59 Å². The normalized spacial score (nSPS) is 24.3. The molecule has 0 bridgehead atoms. The van der Waals surface area contributed by atoms with Crippen molar-refractivity contribution in [3.63, 3.8) is 0 Å². The first-order chi connectivity index (χ1) is 10.2. The van der Waals surface area contributed by atoms with Crippen molar-refractivity contribution >= 4 is 17.6 Å². The highest BCUT2D eigenvalue weighted by molar-refractivity contribution is 6.46. The lowest BCUT2D eigenvalue weighted by atomic mass is 9.69. The smallest absolute Gasteiger partial charge is 0.225 e. The lowest BCUT2D eigenvalue weighted by molar-refractivity contribution is -0.139. The number of fused-ring (bicyclic) bond motifs is 2. The van der Waals surface area contributed by atoms with Gasteiger partial charge in [0.1, 0.15) is 0 Å².